The Hall–Kier alpha value is -2.90. The van der Waals surface area contributed by atoms with Crippen LogP contribution in [0.1, 0.15) is 39.0 Å². The van der Waals surface area contributed by atoms with E-state index in [4.69, 9.17) is 9.15 Å². The summed E-state index contributed by atoms with van der Waals surface area (Å²) in [6, 6.07) is 7.45. The molecule has 1 saturated heterocycles. The molecule has 0 radical (unpaired) electrons. The minimum Gasteiger partial charge on any atom is -0.494 e. The molecule has 1 aromatic heterocycles. The topological polar surface area (TPSA) is 97.6 Å². The van der Waals surface area contributed by atoms with E-state index in [9.17, 15) is 9.59 Å². The van der Waals surface area contributed by atoms with Crippen molar-refractivity contribution in [3.05, 3.63) is 30.2 Å². The summed E-state index contributed by atoms with van der Waals surface area (Å²) < 4.78 is 10.9. The lowest BCUT2D eigenvalue weighted by Gasteiger charge is -2.16. The molecule has 1 atom stereocenters. The number of aromatic nitrogens is 2. The molecule has 0 unspecified atom stereocenters. The average molecular weight is 358 g/mol. The third-order valence-electron chi connectivity index (χ3n) is 4.13. The first kappa shape index (κ1) is 17.9. The van der Waals surface area contributed by atoms with E-state index in [0.717, 1.165) is 11.4 Å². The zero-order chi connectivity index (χ0) is 18.7. The van der Waals surface area contributed by atoms with Gasteiger partial charge in [0.1, 0.15) is 5.75 Å². The van der Waals surface area contributed by atoms with Crippen LogP contribution in [0, 0.1) is 5.92 Å². The van der Waals surface area contributed by atoms with Gasteiger partial charge in [0.15, 0.2) is 0 Å². The van der Waals surface area contributed by atoms with Gasteiger partial charge in [-0.1, -0.05) is 18.9 Å². The van der Waals surface area contributed by atoms with Gasteiger partial charge in [-0.2, -0.15) is 0 Å². The first-order valence-electron chi connectivity index (χ1n) is 8.65. The zero-order valence-corrected chi connectivity index (χ0v) is 15.1. The first-order chi connectivity index (χ1) is 12.5. The Morgan fingerprint density at radius 2 is 2.08 bits per heavy atom. The fraction of sp³-hybridized carbons (Fsp3) is 0.444. The Morgan fingerprint density at radius 3 is 2.73 bits per heavy atom. The second kappa shape index (κ2) is 7.55. The highest BCUT2D eigenvalue weighted by molar-refractivity contribution is 5.96. The van der Waals surface area contributed by atoms with Gasteiger partial charge in [-0.15, -0.1) is 5.10 Å². The predicted octanol–water partition coefficient (Wildman–Crippen LogP) is 2.58. The van der Waals surface area contributed by atoms with Crippen LogP contribution < -0.4 is 15.0 Å². The van der Waals surface area contributed by atoms with Crippen molar-refractivity contribution in [2.45, 2.75) is 33.1 Å². The van der Waals surface area contributed by atoms with Crippen molar-refractivity contribution in [2.75, 3.05) is 23.4 Å². The minimum atomic E-state index is -0.203. The molecule has 1 aromatic carbocycles. The minimum absolute atomic E-state index is 0.00914. The molecule has 1 fully saturated rings. The summed E-state index contributed by atoms with van der Waals surface area (Å²) in [5, 5.41) is 10.4. The van der Waals surface area contributed by atoms with Crippen molar-refractivity contribution in [1.82, 2.24) is 10.2 Å². The van der Waals surface area contributed by atoms with Gasteiger partial charge in [0.25, 0.3) is 0 Å². The lowest BCUT2D eigenvalue weighted by Crippen LogP contribution is -2.24. The van der Waals surface area contributed by atoms with Gasteiger partial charge in [-0.3, -0.25) is 14.9 Å². The maximum absolute atomic E-state index is 12.4. The molecule has 138 valence electrons. The van der Waals surface area contributed by atoms with Crippen molar-refractivity contribution in [3.8, 4) is 5.75 Å². The smallest absolute Gasteiger partial charge is 0.322 e. The summed E-state index contributed by atoms with van der Waals surface area (Å²) in [4.78, 5) is 25.8. The maximum Gasteiger partial charge on any atom is 0.322 e. The SMILES string of the molecule is CCOc1ccc(N2C[C@H](c3nnc(NC(=O)C(C)C)o3)CC2=O)cc1. The highest BCUT2D eigenvalue weighted by Gasteiger charge is 2.35. The van der Waals surface area contributed by atoms with Crippen molar-refractivity contribution in [3.63, 3.8) is 0 Å². The van der Waals surface area contributed by atoms with E-state index in [-0.39, 0.29) is 36.1 Å². The monoisotopic (exact) mass is 358 g/mol. The van der Waals surface area contributed by atoms with Crippen LogP contribution in [-0.4, -0.2) is 35.2 Å². The Bertz CT molecular complexity index is 785. The number of ether oxygens (including phenoxy) is 1. The summed E-state index contributed by atoms with van der Waals surface area (Å²) in [5.74, 6) is 0.524. The Morgan fingerprint density at radius 1 is 1.35 bits per heavy atom. The van der Waals surface area contributed by atoms with E-state index in [0.29, 0.717) is 19.0 Å². The molecule has 1 aliphatic rings. The van der Waals surface area contributed by atoms with Crippen molar-refractivity contribution in [2.24, 2.45) is 5.92 Å². The molecular formula is C18H22N4O4. The Kier molecular flexibility index (Phi) is 5.20. The number of carbonyl (C=O) groups excluding carboxylic acids is 2. The van der Waals surface area contributed by atoms with Gasteiger partial charge in [-0.05, 0) is 31.2 Å². The normalized spacial score (nSPS) is 17.0. The van der Waals surface area contributed by atoms with Gasteiger partial charge < -0.3 is 14.1 Å². The van der Waals surface area contributed by atoms with Gasteiger partial charge in [0.2, 0.25) is 17.7 Å². The number of rotatable bonds is 6. The number of benzene rings is 1. The lowest BCUT2D eigenvalue weighted by atomic mass is 10.1. The van der Waals surface area contributed by atoms with Crippen LogP contribution in [0.15, 0.2) is 28.7 Å². The quantitative estimate of drug-likeness (QED) is 0.852. The molecule has 2 amide bonds. The number of carbonyl (C=O) groups is 2. The third kappa shape index (κ3) is 3.84. The number of amides is 2. The molecule has 0 bridgehead atoms. The van der Waals surface area contributed by atoms with E-state index in [1.807, 2.05) is 31.2 Å². The summed E-state index contributed by atoms with van der Waals surface area (Å²) in [7, 11) is 0. The molecule has 0 saturated carbocycles. The molecule has 2 heterocycles. The molecular weight excluding hydrogens is 336 g/mol. The molecule has 1 N–H and O–H groups in total. The van der Waals surface area contributed by atoms with E-state index in [1.54, 1.807) is 18.7 Å². The average Bonchev–Trinajstić information content (AvgIpc) is 3.22. The van der Waals surface area contributed by atoms with Gasteiger partial charge in [-0.25, -0.2) is 0 Å². The zero-order valence-electron chi connectivity index (χ0n) is 15.1. The largest absolute Gasteiger partial charge is 0.494 e. The summed E-state index contributed by atoms with van der Waals surface area (Å²) in [6.45, 7) is 6.52. The molecule has 8 nitrogen and oxygen atoms in total. The van der Waals surface area contributed by atoms with Crippen LogP contribution in [0.2, 0.25) is 0 Å². The highest BCUT2D eigenvalue weighted by Crippen LogP contribution is 2.32. The van der Waals surface area contributed by atoms with Gasteiger partial charge >= 0.3 is 6.01 Å². The van der Waals surface area contributed by atoms with Crippen LogP contribution in [0.4, 0.5) is 11.7 Å². The van der Waals surface area contributed by atoms with E-state index in [2.05, 4.69) is 15.5 Å². The molecule has 8 heteroatoms. The standard InChI is InChI=1S/C18H22N4O4/c1-4-25-14-7-5-13(6-8-14)22-10-12(9-15(22)23)17-20-21-18(26-17)19-16(24)11(2)3/h5-8,11-12H,4,9-10H2,1-3H3,(H,19,21,24)/t12-/m1/s1. The summed E-state index contributed by atoms with van der Waals surface area (Å²) in [5.41, 5.74) is 0.800. The van der Waals surface area contributed by atoms with Crippen LogP contribution in [0.25, 0.3) is 0 Å². The fourth-order valence-corrected chi connectivity index (χ4v) is 2.71. The van der Waals surface area contributed by atoms with Crippen molar-refractivity contribution in [1.29, 1.82) is 0 Å². The van der Waals surface area contributed by atoms with Crippen molar-refractivity contribution < 1.29 is 18.7 Å². The maximum atomic E-state index is 12.4. The molecule has 3 rings (SSSR count). The van der Waals surface area contributed by atoms with Crippen LogP contribution >= 0.6 is 0 Å². The van der Waals surface area contributed by atoms with Crippen LogP contribution in [0.3, 0.4) is 0 Å². The van der Waals surface area contributed by atoms with E-state index in [1.165, 1.54) is 0 Å². The second-order valence-corrected chi connectivity index (χ2v) is 6.42. The molecule has 26 heavy (non-hydrogen) atoms. The third-order valence-corrected chi connectivity index (χ3v) is 4.13. The predicted molar refractivity (Wildman–Crippen MR) is 95.1 cm³/mol. The van der Waals surface area contributed by atoms with Crippen LogP contribution in [0.5, 0.6) is 5.75 Å². The number of nitrogens with one attached hydrogen (secondary N) is 1. The summed E-state index contributed by atoms with van der Waals surface area (Å²) >= 11 is 0. The van der Waals surface area contributed by atoms with E-state index >= 15 is 0 Å². The molecule has 0 spiro atoms. The van der Waals surface area contributed by atoms with E-state index < -0.39 is 0 Å². The van der Waals surface area contributed by atoms with Gasteiger partial charge in [0, 0.05) is 24.6 Å². The Labute approximate surface area is 151 Å². The number of hydrogen-bond acceptors (Lipinski definition) is 6. The van der Waals surface area contributed by atoms with Crippen LogP contribution in [-0.2, 0) is 9.59 Å². The number of anilines is 2. The highest BCUT2D eigenvalue weighted by atomic mass is 16.5. The lowest BCUT2D eigenvalue weighted by molar-refractivity contribution is -0.119. The molecule has 1 aliphatic heterocycles. The van der Waals surface area contributed by atoms with Crippen molar-refractivity contribution >= 4 is 23.5 Å². The summed E-state index contributed by atoms with van der Waals surface area (Å²) in [6.07, 6.45) is 0.285. The van der Waals surface area contributed by atoms with Gasteiger partial charge in [0.05, 0.1) is 12.5 Å². The Balaban J connectivity index is 1.68. The molecule has 2 aromatic rings. The fourth-order valence-electron chi connectivity index (χ4n) is 2.71. The number of hydrogen-bond donors (Lipinski definition) is 1. The number of nitrogens with zero attached hydrogens (tertiary/aromatic N) is 3. The molecule has 0 aliphatic carbocycles. The first-order valence-corrected chi connectivity index (χ1v) is 8.65. The second-order valence-electron chi connectivity index (χ2n) is 6.42.